The van der Waals surface area contributed by atoms with Crippen molar-refractivity contribution in [3.05, 3.63) is 11.8 Å². The van der Waals surface area contributed by atoms with E-state index in [1.807, 2.05) is 17.7 Å². The predicted octanol–water partition coefficient (Wildman–Crippen LogP) is 1.80. The molecule has 16 heavy (non-hydrogen) atoms. The lowest BCUT2D eigenvalue weighted by atomic mass is 10.2. The third kappa shape index (κ3) is 2.35. The smallest absolute Gasteiger partial charge is 0.322 e. The molecular weight excluding hydrogens is 206 g/mol. The molecule has 1 fully saturated rings. The van der Waals surface area contributed by atoms with E-state index in [2.05, 4.69) is 10.4 Å². The van der Waals surface area contributed by atoms with E-state index in [0.29, 0.717) is 11.9 Å². The molecule has 0 aliphatic heterocycles. The second-order valence-corrected chi connectivity index (χ2v) is 4.30. The fourth-order valence-electron chi connectivity index (χ4n) is 2.26. The number of carboxylic acid groups (broad SMARTS) is 1. The van der Waals surface area contributed by atoms with E-state index in [1.165, 1.54) is 25.7 Å². The normalized spacial score (nSPS) is 16.6. The molecule has 88 valence electrons. The molecule has 0 unspecified atom stereocenters. The first-order valence-electron chi connectivity index (χ1n) is 5.68. The predicted molar refractivity (Wildman–Crippen MR) is 60.6 cm³/mol. The van der Waals surface area contributed by atoms with Crippen molar-refractivity contribution in [2.75, 3.05) is 11.9 Å². The number of aliphatic carboxylic acids is 1. The molecule has 1 aromatic heterocycles. The Morgan fingerprint density at radius 3 is 2.94 bits per heavy atom. The molecule has 1 aromatic rings. The Labute approximate surface area is 94.5 Å². The van der Waals surface area contributed by atoms with Gasteiger partial charge in [0.2, 0.25) is 0 Å². The number of aromatic nitrogens is 2. The number of aryl methyl sites for hydroxylation is 1. The lowest BCUT2D eigenvalue weighted by Gasteiger charge is -2.11. The zero-order chi connectivity index (χ0) is 11.5. The van der Waals surface area contributed by atoms with Crippen LogP contribution in [0.15, 0.2) is 6.07 Å². The second-order valence-electron chi connectivity index (χ2n) is 4.30. The zero-order valence-electron chi connectivity index (χ0n) is 9.44. The van der Waals surface area contributed by atoms with Crippen LogP contribution >= 0.6 is 0 Å². The van der Waals surface area contributed by atoms with Crippen molar-refractivity contribution < 1.29 is 9.90 Å². The van der Waals surface area contributed by atoms with Crippen LogP contribution in [-0.2, 0) is 4.79 Å². The van der Waals surface area contributed by atoms with Crippen molar-refractivity contribution in [2.24, 2.45) is 0 Å². The van der Waals surface area contributed by atoms with E-state index in [9.17, 15) is 4.79 Å². The zero-order valence-corrected chi connectivity index (χ0v) is 9.44. The third-order valence-electron chi connectivity index (χ3n) is 3.01. The fraction of sp³-hybridized carbons (Fsp3) is 0.636. The van der Waals surface area contributed by atoms with Gasteiger partial charge in [0.15, 0.2) is 0 Å². The minimum absolute atomic E-state index is 0.0822. The molecule has 1 heterocycles. The van der Waals surface area contributed by atoms with Gasteiger partial charge in [-0.2, -0.15) is 5.10 Å². The molecule has 5 heteroatoms. The highest BCUT2D eigenvalue weighted by atomic mass is 16.4. The molecule has 0 amide bonds. The Balaban J connectivity index is 2.05. The van der Waals surface area contributed by atoms with Gasteiger partial charge in [-0.3, -0.25) is 9.48 Å². The molecule has 1 aliphatic carbocycles. The number of anilines is 1. The molecule has 0 saturated heterocycles. The first-order valence-corrected chi connectivity index (χ1v) is 5.68. The maximum Gasteiger partial charge on any atom is 0.322 e. The number of nitrogens with zero attached hydrogens (tertiary/aromatic N) is 2. The quantitative estimate of drug-likeness (QED) is 0.816. The number of carbonyl (C=O) groups is 1. The van der Waals surface area contributed by atoms with Crippen molar-refractivity contribution in [1.82, 2.24) is 9.78 Å². The molecule has 0 radical (unpaired) electrons. The lowest BCUT2D eigenvalue weighted by Crippen LogP contribution is -2.13. The van der Waals surface area contributed by atoms with Crippen molar-refractivity contribution in [3.8, 4) is 0 Å². The Kier molecular flexibility index (Phi) is 3.12. The van der Waals surface area contributed by atoms with E-state index in [0.717, 1.165) is 5.69 Å². The average Bonchev–Trinajstić information content (AvgIpc) is 2.83. The SMILES string of the molecule is Cc1cc(NCC(=O)O)nn1C1CCCC1. The van der Waals surface area contributed by atoms with Gasteiger partial charge in [0.1, 0.15) is 12.4 Å². The van der Waals surface area contributed by atoms with E-state index in [1.54, 1.807) is 0 Å². The second kappa shape index (κ2) is 4.55. The first kappa shape index (κ1) is 11.0. The third-order valence-corrected chi connectivity index (χ3v) is 3.01. The highest BCUT2D eigenvalue weighted by molar-refractivity contribution is 5.72. The van der Waals surface area contributed by atoms with Crippen molar-refractivity contribution in [2.45, 2.75) is 38.6 Å². The van der Waals surface area contributed by atoms with Gasteiger partial charge in [-0.15, -0.1) is 0 Å². The van der Waals surface area contributed by atoms with Gasteiger partial charge in [0.25, 0.3) is 0 Å². The van der Waals surface area contributed by atoms with Crippen LogP contribution in [0.1, 0.15) is 37.4 Å². The molecule has 5 nitrogen and oxygen atoms in total. The number of hydrogen-bond donors (Lipinski definition) is 2. The molecular formula is C11H17N3O2. The van der Waals surface area contributed by atoms with E-state index in [-0.39, 0.29) is 6.54 Å². The van der Waals surface area contributed by atoms with Crippen LogP contribution in [0.3, 0.4) is 0 Å². The number of hydrogen-bond acceptors (Lipinski definition) is 3. The van der Waals surface area contributed by atoms with Crippen LogP contribution in [0.5, 0.6) is 0 Å². The molecule has 0 atom stereocenters. The van der Waals surface area contributed by atoms with E-state index in [4.69, 9.17) is 5.11 Å². The summed E-state index contributed by atoms with van der Waals surface area (Å²) in [5.41, 5.74) is 1.10. The minimum Gasteiger partial charge on any atom is -0.480 e. The van der Waals surface area contributed by atoms with Gasteiger partial charge in [-0.25, -0.2) is 0 Å². The molecule has 2 N–H and O–H groups in total. The molecule has 0 spiro atoms. The summed E-state index contributed by atoms with van der Waals surface area (Å²) in [6.07, 6.45) is 4.89. The van der Waals surface area contributed by atoms with Crippen LogP contribution in [0.25, 0.3) is 0 Å². The topological polar surface area (TPSA) is 67.2 Å². The molecule has 1 aliphatic rings. The van der Waals surface area contributed by atoms with Crippen LogP contribution in [0.2, 0.25) is 0 Å². The maximum atomic E-state index is 10.4. The Morgan fingerprint density at radius 1 is 1.62 bits per heavy atom. The Morgan fingerprint density at radius 2 is 2.31 bits per heavy atom. The largest absolute Gasteiger partial charge is 0.480 e. The lowest BCUT2D eigenvalue weighted by molar-refractivity contribution is -0.134. The van der Waals surface area contributed by atoms with Crippen molar-refractivity contribution in [3.63, 3.8) is 0 Å². The summed E-state index contributed by atoms with van der Waals surface area (Å²) in [7, 11) is 0. The Bertz CT molecular complexity index is 381. The summed E-state index contributed by atoms with van der Waals surface area (Å²) in [5, 5.41) is 15.8. The van der Waals surface area contributed by atoms with Gasteiger partial charge in [0.05, 0.1) is 6.04 Å². The van der Waals surface area contributed by atoms with Crippen LogP contribution in [0.4, 0.5) is 5.82 Å². The molecule has 1 saturated carbocycles. The number of rotatable bonds is 4. The number of carboxylic acids is 1. The highest BCUT2D eigenvalue weighted by Gasteiger charge is 2.19. The van der Waals surface area contributed by atoms with Gasteiger partial charge in [-0.05, 0) is 19.8 Å². The number of nitrogens with one attached hydrogen (secondary N) is 1. The standard InChI is InChI=1S/C11H17N3O2/c1-8-6-10(12-7-11(15)16)13-14(8)9-4-2-3-5-9/h6,9H,2-5,7H2,1H3,(H,12,13)(H,15,16). The molecule has 2 rings (SSSR count). The summed E-state index contributed by atoms with van der Waals surface area (Å²) < 4.78 is 2.02. The van der Waals surface area contributed by atoms with Gasteiger partial charge >= 0.3 is 5.97 Å². The van der Waals surface area contributed by atoms with Crippen LogP contribution in [-0.4, -0.2) is 27.4 Å². The monoisotopic (exact) mass is 223 g/mol. The van der Waals surface area contributed by atoms with E-state index < -0.39 is 5.97 Å². The molecule has 0 aromatic carbocycles. The van der Waals surface area contributed by atoms with Gasteiger partial charge in [-0.1, -0.05) is 12.8 Å². The van der Waals surface area contributed by atoms with Crippen LogP contribution in [0, 0.1) is 6.92 Å². The maximum absolute atomic E-state index is 10.4. The summed E-state index contributed by atoms with van der Waals surface area (Å²) in [6.45, 7) is 1.93. The van der Waals surface area contributed by atoms with E-state index >= 15 is 0 Å². The van der Waals surface area contributed by atoms with Crippen molar-refractivity contribution in [1.29, 1.82) is 0 Å². The first-order chi connectivity index (χ1) is 7.66. The highest BCUT2D eigenvalue weighted by Crippen LogP contribution is 2.30. The average molecular weight is 223 g/mol. The summed E-state index contributed by atoms with van der Waals surface area (Å²) in [5.74, 6) is -0.208. The minimum atomic E-state index is -0.868. The van der Waals surface area contributed by atoms with Crippen LogP contribution < -0.4 is 5.32 Å². The summed E-state index contributed by atoms with van der Waals surface area (Å²) in [6, 6.07) is 2.40. The molecule has 0 bridgehead atoms. The fourth-order valence-corrected chi connectivity index (χ4v) is 2.26. The summed E-state index contributed by atoms with van der Waals surface area (Å²) in [4.78, 5) is 10.4. The van der Waals surface area contributed by atoms with Gasteiger partial charge < -0.3 is 10.4 Å². The van der Waals surface area contributed by atoms with Crippen molar-refractivity contribution >= 4 is 11.8 Å². The Hall–Kier alpha value is -1.52. The van der Waals surface area contributed by atoms with Gasteiger partial charge in [0, 0.05) is 11.8 Å². The summed E-state index contributed by atoms with van der Waals surface area (Å²) >= 11 is 0.